The Hall–Kier alpha value is -0.540. The number of allylic oxidation sites excluding steroid dienone is 1. The zero-order chi connectivity index (χ0) is 14.9. The van der Waals surface area contributed by atoms with E-state index in [-0.39, 0.29) is 17.5 Å². The molecule has 0 aromatic heterocycles. The summed E-state index contributed by atoms with van der Waals surface area (Å²) < 4.78 is 17.3. The highest BCUT2D eigenvalue weighted by Gasteiger charge is 2.24. The van der Waals surface area contributed by atoms with E-state index in [1.807, 2.05) is 47.6 Å². The van der Waals surface area contributed by atoms with Gasteiger partial charge in [0.2, 0.25) is 0 Å². The Kier molecular flexibility index (Phi) is 8.35. The quantitative estimate of drug-likeness (QED) is 0.365. The summed E-state index contributed by atoms with van der Waals surface area (Å²) in [5.74, 6) is 0. The molecule has 3 nitrogen and oxygen atoms in total. The Morgan fingerprint density at radius 3 is 1.89 bits per heavy atom. The van der Waals surface area contributed by atoms with Crippen LogP contribution in [0.25, 0.3) is 0 Å². The topological polar surface area (TPSA) is 27.7 Å². The molecule has 0 aromatic rings. The summed E-state index contributed by atoms with van der Waals surface area (Å²) in [7, 11) is 0. The minimum absolute atomic E-state index is 0.182. The van der Waals surface area contributed by atoms with Crippen LogP contribution in [0, 0.1) is 0 Å². The molecule has 0 aliphatic carbocycles. The summed E-state index contributed by atoms with van der Waals surface area (Å²) in [5, 5.41) is 0. The number of hydrogen-bond donors (Lipinski definition) is 0. The molecule has 19 heavy (non-hydrogen) atoms. The van der Waals surface area contributed by atoms with Gasteiger partial charge >= 0.3 is 0 Å². The maximum atomic E-state index is 5.95. The van der Waals surface area contributed by atoms with Crippen LogP contribution >= 0.6 is 0 Å². The van der Waals surface area contributed by atoms with Crippen molar-refractivity contribution in [3.63, 3.8) is 0 Å². The third-order valence-electron chi connectivity index (χ3n) is 2.10. The SMILES string of the molecule is CCC=COCCCC(OC(C)(C)C)OC(C)(C)C. The second-order valence-electron chi connectivity index (χ2n) is 6.68. The lowest BCUT2D eigenvalue weighted by molar-refractivity contribution is -0.236. The second kappa shape index (κ2) is 8.60. The lowest BCUT2D eigenvalue weighted by Crippen LogP contribution is -2.35. The average molecular weight is 272 g/mol. The van der Waals surface area contributed by atoms with Crippen molar-refractivity contribution in [2.75, 3.05) is 6.61 Å². The lowest BCUT2D eigenvalue weighted by Gasteiger charge is -2.32. The van der Waals surface area contributed by atoms with Gasteiger partial charge in [-0.1, -0.05) is 13.0 Å². The molecule has 0 unspecified atom stereocenters. The molecule has 0 amide bonds. The highest BCUT2D eigenvalue weighted by Crippen LogP contribution is 2.20. The maximum absolute atomic E-state index is 5.95. The molecule has 0 N–H and O–H groups in total. The summed E-state index contributed by atoms with van der Waals surface area (Å²) in [6.45, 7) is 15.1. The minimum atomic E-state index is -0.196. The third kappa shape index (κ3) is 13.7. The molecule has 0 aliphatic heterocycles. The Balaban J connectivity index is 4.09. The van der Waals surface area contributed by atoms with E-state index in [0.29, 0.717) is 6.61 Å². The van der Waals surface area contributed by atoms with Crippen LogP contribution in [0.4, 0.5) is 0 Å². The molecule has 0 spiro atoms. The molecule has 0 bridgehead atoms. The molecule has 3 heteroatoms. The van der Waals surface area contributed by atoms with Crippen molar-refractivity contribution in [3.05, 3.63) is 12.3 Å². The first-order chi connectivity index (χ1) is 8.64. The van der Waals surface area contributed by atoms with Gasteiger partial charge in [-0.2, -0.15) is 0 Å². The first kappa shape index (κ1) is 18.5. The summed E-state index contributed by atoms with van der Waals surface area (Å²) in [5.41, 5.74) is -0.391. The van der Waals surface area contributed by atoms with E-state index in [4.69, 9.17) is 14.2 Å². The van der Waals surface area contributed by atoms with E-state index in [9.17, 15) is 0 Å². The number of rotatable bonds is 8. The van der Waals surface area contributed by atoms with Crippen LogP contribution in [0.5, 0.6) is 0 Å². The van der Waals surface area contributed by atoms with Gasteiger partial charge in [0, 0.05) is 6.42 Å². The normalized spacial score (nSPS) is 13.5. The van der Waals surface area contributed by atoms with Gasteiger partial charge in [-0.05, 0) is 54.4 Å². The summed E-state index contributed by atoms with van der Waals surface area (Å²) in [6, 6.07) is 0. The summed E-state index contributed by atoms with van der Waals surface area (Å²) >= 11 is 0. The molecule has 0 aromatic carbocycles. The van der Waals surface area contributed by atoms with Crippen molar-refractivity contribution in [2.45, 2.75) is 85.2 Å². The van der Waals surface area contributed by atoms with Crippen LogP contribution in [-0.2, 0) is 14.2 Å². The molecule has 114 valence electrons. The van der Waals surface area contributed by atoms with Gasteiger partial charge in [0.25, 0.3) is 0 Å². The van der Waals surface area contributed by atoms with E-state index in [2.05, 4.69) is 6.92 Å². The van der Waals surface area contributed by atoms with Gasteiger partial charge in [0.05, 0.1) is 24.1 Å². The minimum Gasteiger partial charge on any atom is -0.502 e. The molecular weight excluding hydrogens is 240 g/mol. The van der Waals surface area contributed by atoms with Gasteiger partial charge < -0.3 is 14.2 Å². The number of ether oxygens (including phenoxy) is 3. The Bertz CT molecular complexity index is 230. The first-order valence-electron chi connectivity index (χ1n) is 7.26. The summed E-state index contributed by atoms with van der Waals surface area (Å²) in [4.78, 5) is 0. The molecule has 0 saturated carbocycles. The predicted molar refractivity (Wildman–Crippen MR) is 80.1 cm³/mol. The molecule has 0 aliphatic rings. The standard InChI is InChI=1S/C16H32O3/c1-8-9-12-17-13-10-11-14(18-15(2,3)4)19-16(5,6)7/h9,12,14H,8,10-11,13H2,1-7H3. The van der Waals surface area contributed by atoms with Crippen molar-refractivity contribution >= 4 is 0 Å². The zero-order valence-corrected chi connectivity index (χ0v) is 13.8. The Labute approximate surface area is 119 Å². The monoisotopic (exact) mass is 272 g/mol. The third-order valence-corrected chi connectivity index (χ3v) is 2.10. The van der Waals surface area contributed by atoms with Gasteiger partial charge in [-0.25, -0.2) is 0 Å². The second-order valence-corrected chi connectivity index (χ2v) is 6.68. The van der Waals surface area contributed by atoms with Gasteiger partial charge in [0.15, 0.2) is 6.29 Å². The van der Waals surface area contributed by atoms with Crippen LogP contribution in [0.1, 0.15) is 67.7 Å². The van der Waals surface area contributed by atoms with Gasteiger partial charge in [-0.3, -0.25) is 0 Å². The number of hydrogen-bond acceptors (Lipinski definition) is 3. The first-order valence-corrected chi connectivity index (χ1v) is 7.26. The average Bonchev–Trinajstić information content (AvgIpc) is 2.18. The lowest BCUT2D eigenvalue weighted by atomic mass is 10.1. The van der Waals surface area contributed by atoms with Crippen molar-refractivity contribution in [1.82, 2.24) is 0 Å². The molecule has 0 atom stereocenters. The predicted octanol–water partition coefficient (Wildman–Crippen LogP) is 4.66. The van der Waals surface area contributed by atoms with E-state index in [0.717, 1.165) is 19.3 Å². The smallest absolute Gasteiger partial charge is 0.159 e. The molecular formula is C16H32O3. The molecule has 0 saturated heterocycles. The summed E-state index contributed by atoms with van der Waals surface area (Å²) in [6.07, 6.45) is 6.36. The fourth-order valence-electron chi connectivity index (χ4n) is 1.50. The fraction of sp³-hybridized carbons (Fsp3) is 0.875. The Morgan fingerprint density at radius 1 is 0.947 bits per heavy atom. The Morgan fingerprint density at radius 2 is 1.47 bits per heavy atom. The largest absolute Gasteiger partial charge is 0.502 e. The van der Waals surface area contributed by atoms with Crippen LogP contribution < -0.4 is 0 Å². The van der Waals surface area contributed by atoms with Crippen LogP contribution in [0.2, 0.25) is 0 Å². The molecule has 0 heterocycles. The van der Waals surface area contributed by atoms with Gasteiger partial charge in [-0.15, -0.1) is 0 Å². The van der Waals surface area contributed by atoms with Crippen LogP contribution in [-0.4, -0.2) is 24.1 Å². The molecule has 0 fully saturated rings. The highest BCUT2D eigenvalue weighted by molar-refractivity contribution is 4.70. The van der Waals surface area contributed by atoms with Crippen molar-refractivity contribution < 1.29 is 14.2 Å². The van der Waals surface area contributed by atoms with Crippen molar-refractivity contribution in [3.8, 4) is 0 Å². The van der Waals surface area contributed by atoms with Crippen molar-refractivity contribution in [1.29, 1.82) is 0 Å². The maximum Gasteiger partial charge on any atom is 0.159 e. The van der Waals surface area contributed by atoms with E-state index < -0.39 is 0 Å². The van der Waals surface area contributed by atoms with Crippen molar-refractivity contribution in [2.24, 2.45) is 0 Å². The molecule has 0 radical (unpaired) electrons. The van der Waals surface area contributed by atoms with E-state index >= 15 is 0 Å². The van der Waals surface area contributed by atoms with E-state index in [1.165, 1.54) is 0 Å². The van der Waals surface area contributed by atoms with E-state index in [1.54, 1.807) is 6.26 Å². The fourth-order valence-corrected chi connectivity index (χ4v) is 1.50. The van der Waals surface area contributed by atoms with Gasteiger partial charge in [0.1, 0.15) is 0 Å². The highest BCUT2D eigenvalue weighted by atomic mass is 16.7. The van der Waals surface area contributed by atoms with Crippen LogP contribution in [0.3, 0.4) is 0 Å². The molecule has 0 rings (SSSR count). The van der Waals surface area contributed by atoms with Crippen LogP contribution in [0.15, 0.2) is 12.3 Å². The zero-order valence-electron chi connectivity index (χ0n) is 13.8.